The number of rotatable bonds is 2. The summed E-state index contributed by atoms with van der Waals surface area (Å²) in [5.41, 5.74) is 3.20. The molecule has 1 saturated heterocycles. The molecule has 0 bridgehead atoms. The fraction of sp³-hybridized carbons (Fsp3) is 0.500. The number of fused-ring (bicyclic) bond motifs is 1. The largest absolute Gasteiger partial charge is 0.490 e. The second-order valence-corrected chi connectivity index (χ2v) is 5.85. The van der Waals surface area contributed by atoms with Crippen molar-refractivity contribution in [1.29, 1.82) is 5.41 Å². The number of ether oxygens (including phenoxy) is 1. The number of hydrogen-bond donors (Lipinski definition) is 2. The minimum atomic E-state index is 0.237. The molecule has 1 aliphatic rings. The Hall–Kier alpha value is -2.04. The summed E-state index contributed by atoms with van der Waals surface area (Å²) in [4.78, 5) is 9.86. The molecule has 2 aromatic rings. The predicted molar refractivity (Wildman–Crippen MR) is 84.2 cm³/mol. The van der Waals surface area contributed by atoms with Crippen molar-refractivity contribution in [2.45, 2.75) is 39.7 Å². The molecular formula is C16H22N4O. The molecule has 21 heavy (non-hydrogen) atoms. The molecule has 2 N–H and O–H groups in total. The van der Waals surface area contributed by atoms with Crippen LogP contribution in [-0.4, -0.2) is 39.9 Å². The average molecular weight is 286 g/mol. The van der Waals surface area contributed by atoms with Gasteiger partial charge in [-0.05, 0) is 32.4 Å². The van der Waals surface area contributed by atoms with Crippen molar-refractivity contribution in [1.82, 2.24) is 14.9 Å². The van der Waals surface area contributed by atoms with Crippen LogP contribution in [0, 0.1) is 19.3 Å². The number of H-pyrrole nitrogens is 1. The lowest BCUT2D eigenvalue weighted by molar-refractivity contribution is 0.130. The van der Waals surface area contributed by atoms with Crippen LogP contribution in [0.2, 0.25) is 0 Å². The highest BCUT2D eigenvalue weighted by Gasteiger charge is 2.21. The van der Waals surface area contributed by atoms with Crippen molar-refractivity contribution in [3.05, 3.63) is 23.5 Å². The van der Waals surface area contributed by atoms with Crippen molar-refractivity contribution >= 4 is 16.9 Å². The zero-order chi connectivity index (χ0) is 15.0. The summed E-state index contributed by atoms with van der Waals surface area (Å²) in [6, 6.07) is 4.10. The first-order valence-electron chi connectivity index (χ1n) is 7.46. The van der Waals surface area contributed by atoms with Crippen LogP contribution in [0.25, 0.3) is 11.0 Å². The van der Waals surface area contributed by atoms with Crippen LogP contribution in [0.1, 0.15) is 31.2 Å². The molecule has 2 heterocycles. The summed E-state index contributed by atoms with van der Waals surface area (Å²) in [6.07, 6.45) is 2.17. The maximum absolute atomic E-state index is 7.67. The Balaban J connectivity index is 1.72. The molecule has 0 amide bonds. The summed E-state index contributed by atoms with van der Waals surface area (Å²) in [5.74, 6) is 2.49. The number of nitrogens with zero attached hydrogens (tertiary/aromatic N) is 2. The molecule has 5 heteroatoms. The van der Waals surface area contributed by atoms with Crippen molar-refractivity contribution < 1.29 is 4.74 Å². The normalized spacial score (nSPS) is 16.4. The lowest BCUT2D eigenvalue weighted by Crippen LogP contribution is -2.40. The van der Waals surface area contributed by atoms with E-state index in [0.29, 0.717) is 5.84 Å². The molecule has 0 aliphatic carbocycles. The number of hydrogen-bond acceptors (Lipinski definition) is 3. The van der Waals surface area contributed by atoms with E-state index in [4.69, 9.17) is 10.1 Å². The highest BCUT2D eigenvalue weighted by Crippen LogP contribution is 2.26. The van der Waals surface area contributed by atoms with E-state index in [0.717, 1.165) is 54.1 Å². The molecular weight excluding hydrogens is 264 g/mol. The summed E-state index contributed by atoms with van der Waals surface area (Å²) in [5, 5.41) is 7.67. The van der Waals surface area contributed by atoms with Crippen molar-refractivity contribution in [2.75, 3.05) is 13.1 Å². The first kappa shape index (κ1) is 13.9. The van der Waals surface area contributed by atoms with E-state index in [2.05, 4.69) is 27.9 Å². The molecule has 0 saturated carbocycles. The standard InChI is InChI=1S/C16H22N4O/c1-10-8-14(9-15-16(10)19-12(3)18-15)21-13-4-6-20(7-5-13)11(2)17/h8-9,13,17H,4-7H2,1-3H3,(H,18,19). The van der Waals surface area contributed by atoms with Crippen molar-refractivity contribution in [3.8, 4) is 5.75 Å². The van der Waals surface area contributed by atoms with Gasteiger partial charge in [0.25, 0.3) is 0 Å². The van der Waals surface area contributed by atoms with Gasteiger partial charge in [0.05, 0.1) is 16.9 Å². The second-order valence-electron chi connectivity index (χ2n) is 5.85. The lowest BCUT2D eigenvalue weighted by Gasteiger charge is -2.32. The SMILES string of the molecule is CC(=N)N1CCC(Oc2cc(C)c3nc(C)[nH]c3c2)CC1. The first-order chi connectivity index (χ1) is 10.0. The van der Waals surface area contributed by atoms with Gasteiger partial charge in [-0.3, -0.25) is 5.41 Å². The van der Waals surface area contributed by atoms with E-state index >= 15 is 0 Å². The van der Waals surface area contributed by atoms with Gasteiger partial charge in [0.2, 0.25) is 0 Å². The third kappa shape index (κ3) is 2.86. The number of amidine groups is 1. The second kappa shape index (κ2) is 5.39. The van der Waals surface area contributed by atoms with Crippen LogP contribution in [-0.2, 0) is 0 Å². The summed E-state index contributed by atoms with van der Waals surface area (Å²) in [7, 11) is 0. The van der Waals surface area contributed by atoms with E-state index < -0.39 is 0 Å². The molecule has 0 spiro atoms. The maximum Gasteiger partial charge on any atom is 0.122 e. The summed E-state index contributed by atoms with van der Waals surface area (Å²) < 4.78 is 6.14. The fourth-order valence-electron chi connectivity index (χ4n) is 2.95. The lowest BCUT2D eigenvalue weighted by atomic mass is 10.1. The van der Waals surface area contributed by atoms with Crippen LogP contribution in [0.4, 0.5) is 0 Å². The zero-order valence-electron chi connectivity index (χ0n) is 12.9. The van der Waals surface area contributed by atoms with Gasteiger partial charge in [0, 0.05) is 32.0 Å². The molecule has 1 aromatic carbocycles. The molecule has 0 unspecified atom stereocenters. The third-order valence-electron chi connectivity index (χ3n) is 4.09. The van der Waals surface area contributed by atoms with Crippen LogP contribution < -0.4 is 4.74 Å². The Morgan fingerprint density at radius 2 is 2.05 bits per heavy atom. The highest BCUT2D eigenvalue weighted by molar-refractivity contribution is 5.80. The predicted octanol–water partition coefficient (Wildman–Crippen LogP) is 3.02. The monoisotopic (exact) mass is 286 g/mol. The first-order valence-corrected chi connectivity index (χ1v) is 7.46. The van der Waals surface area contributed by atoms with Crippen LogP contribution >= 0.6 is 0 Å². The minimum Gasteiger partial charge on any atom is -0.490 e. The number of aryl methyl sites for hydroxylation is 2. The number of likely N-dealkylation sites (tertiary alicyclic amines) is 1. The Labute approximate surface area is 124 Å². The Kier molecular flexibility index (Phi) is 3.57. The van der Waals surface area contributed by atoms with E-state index in [1.807, 2.05) is 19.9 Å². The smallest absolute Gasteiger partial charge is 0.122 e. The van der Waals surface area contributed by atoms with Crippen LogP contribution in [0.5, 0.6) is 5.75 Å². The minimum absolute atomic E-state index is 0.237. The number of aromatic nitrogens is 2. The maximum atomic E-state index is 7.67. The average Bonchev–Trinajstić information content (AvgIpc) is 2.80. The van der Waals surface area contributed by atoms with Gasteiger partial charge >= 0.3 is 0 Å². The molecule has 3 rings (SSSR count). The number of imidazole rings is 1. The summed E-state index contributed by atoms with van der Waals surface area (Å²) in [6.45, 7) is 7.69. The topological polar surface area (TPSA) is 65.0 Å². The number of piperidine rings is 1. The molecule has 1 fully saturated rings. The van der Waals surface area contributed by atoms with Gasteiger partial charge in [-0.25, -0.2) is 4.98 Å². The zero-order valence-corrected chi connectivity index (χ0v) is 12.9. The number of nitrogens with one attached hydrogen (secondary N) is 2. The molecule has 112 valence electrons. The molecule has 0 radical (unpaired) electrons. The van der Waals surface area contributed by atoms with Gasteiger partial charge in [-0.2, -0.15) is 0 Å². The Morgan fingerprint density at radius 1 is 1.33 bits per heavy atom. The number of benzene rings is 1. The highest BCUT2D eigenvalue weighted by atomic mass is 16.5. The molecule has 0 atom stereocenters. The van der Waals surface area contributed by atoms with Gasteiger partial charge < -0.3 is 14.6 Å². The Morgan fingerprint density at radius 3 is 2.71 bits per heavy atom. The van der Waals surface area contributed by atoms with Crippen LogP contribution in [0.15, 0.2) is 12.1 Å². The fourth-order valence-corrected chi connectivity index (χ4v) is 2.95. The van der Waals surface area contributed by atoms with E-state index in [1.165, 1.54) is 0 Å². The van der Waals surface area contributed by atoms with Crippen molar-refractivity contribution in [3.63, 3.8) is 0 Å². The molecule has 1 aromatic heterocycles. The van der Waals surface area contributed by atoms with Gasteiger partial charge in [0.15, 0.2) is 0 Å². The van der Waals surface area contributed by atoms with E-state index in [-0.39, 0.29) is 6.10 Å². The van der Waals surface area contributed by atoms with E-state index in [1.54, 1.807) is 0 Å². The van der Waals surface area contributed by atoms with E-state index in [9.17, 15) is 0 Å². The van der Waals surface area contributed by atoms with Gasteiger partial charge in [0.1, 0.15) is 17.7 Å². The van der Waals surface area contributed by atoms with Crippen LogP contribution in [0.3, 0.4) is 0 Å². The Bertz CT molecular complexity index is 668. The van der Waals surface area contributed by atoms with Gasteiger partial charge in [-0.1, -0.05) is 0 Å². The summed E-state index contributed by atoms with van der Waals surface area (Å²) >= 11 is 0. The van der Waals surface area contributed by atoms with Crippen molar-refractivity contribution in [2.24, 2.45) is 0 Å². The quantitative estimate of drug-likeness (QED) is 0.659. The molecule has 1 aliphatic heterocycles. The van der Waals surface area contributed by atoms with Gasteiger partial charge in [-0.15, -0.1) is 0 Å². The molecule has 5 nitrogen and oxygen atoms in total. The third-order valence-corrected chi connectivity index (χ3v) is 4.09. The number of aromatic amines is 1.